The Labute approximate surface area is 117 Å². The number of hydrogen-bond donors (Lipinski definition) is 1. The monoisotopic (exact) mass is 267 g/mol. The average molecular weight is 267 g/mol. The second-order valence-electron chi connectivity index (χ2n) is 4.62. The number of pyridine rings is 1. The second kappa shape index (κ2) is 5.74. The number of ether oxygens (including phenoxy) is 1. The van der Waals surface area contributed by atoms with Gasteiger partial charge in [-0.15, -0.1) is 0 Å². The van der Waals surface area contributed by atoms with Crippen molar-refractivity contribution in [2.45, 2.75) is 19.8 Å². The van der Waals surface area contributed by atoms with Crippen molar-refractivity contribution in [1.29, 1.82) is 0 Å². The summed E-state index contributed by atoms with van der Waals surface area (Å²) in [5.41, 5.74) is 2.99. The van der Waals surface area contributed by atoms with Gasteiger partial charge in [-0.3, -0.25) is 0 Å². The van der Waals surface area contributed by atoms with Crippen LogP contribution in [0.4, 0.5) is 0 Å². The fraction of sp³-hybridized carbons (Fsp3) is 0.250. The quantitative estimate of drug-likeness (QED) is 0.772. The maximum absolute atomic E-state index is 5.39. The summed E-state index contributed by atoms with van der Waals surface area (Å²) in [6.07, 6.45) is 1.85. The fourth-order valence-electron chi connectivity index (χ4n) is 2.18. The zero-order valence-electron chi connectivity index (χ0n) is 11.5. The Balaban J connectivity index is 1.75. The number of aromatic nitrogens is 3. The van der Waals surface area contributed by atoms with Crippen LogP contribution < -0.4 is 4.74 Å². The van der Waals surface area contributed by atoms with Crippen LogP contribution in [-0.2, 0) is 12.8 Å². The Hall–Kier alpha value is -2.36. The first-order valence-electron chi connectivity index (χ1n) is 6.87. The third kappa shape index (κ3) is 2.79. The molecule has 0 aliphatic carbocycles. The molecule has 20 heavy (non-hydrogen) atoms. The fourth-order valence-corrected chi connectivity index (χ4v) is 2.18. The molecular formula is C16H17N3O. The van der Waals surface area contributed by atoms with E-state index in [0.29, 0.717) is 12.5 Å². The molecule has 3 rings (SSSR count). The maximum Gasteiger partial charge on any atom is 0.215 e. The van der Waals surface area contributed by atoms with Crippen LogP contribution in [0.1, 0.15) is 18.3 Å². The zero-order chi connectivity index (χ0) is 13.8. The Kier molecular flexibility index (Phi) is 3.63. The van der Waals surface area contributed by atoms with Crippen LogP contribution in [0.5, 0.6) is 5.88 Å². The van der Waals surface area contributed by atoms with E-state index in [2.05, 4.69) is 39.2 Å². The second-order valence-corrected chi connectivity index (χ2v) is 4.62. The van der Waals surface area contributed by atoms with Crippen LogP contribution in [0.3, 0.4) is 0 Å². The summed E-state index contributed by atoms with van der Waals surface area (Å²) in [5, 5.41) is 0. The van der Waals surface area contributed by atoms with Gasteiger partial charge in [0, 0.05) is 12.5 Å². The molecule has 0 unspecified atom stereocenters. The van der Waals surface area contributed by atoms with E-state index in [0.717, 1.165) is 29.8 Å². The van der Waals surface area contributed by atoms with Crippen LogP contribution in [0.2, 0.25) is 0 Å². The van der Waals surface area contributed by atoms with E-state index >= 15 is 0 Å². The molecule has 4 nitrogen and oxygen atoms in total. The van der Waals surface area contributed by atoms with Crippen LogP contribution >= 0.6 is 0 Å². The minimum atomic E-state index is 0.615. The van der Waals surface area contributed by atoms with Crippen molar-refractivity contribution < 1.29 is 4.74 Å². The minimum absolute atomic E-state index is 0.615. The third-order valence-electron chi connectivity index (χ3n) is 3.15. The molecule has 0 spiro atoms. The molecular weight excluding hydrogens is 250 g/mol. The SMILES string of the molecule is CCOc1ccc2[nH]c(CCc3ccccc3)nc2n1. The number of aromatic amines is 1. The molecule has 0 saturated carbocycles. The molecule has 1 aromatic carbocycles. The van der Waals surface area contributed by atoms with Crippen LogP contribution in [0.15, 0.2) is 42.5 Å². The molecule has 2 heterocycles. The highest BCUT2D eigenvalue weighted by Crippen LogP contribution is 2.15. The number of aryl methyl sites for hydroxylation is 2. The standard InChI is InChI=1S/C16H17N3O/c1-2-20-15-11-9-13-16(19-15)18-14(17-13)10-8-12-6-4-3-5-7-12/h3-7,9,11H,2,8,10H2,1H3,(H,17,18,19). The molecule has 3 aromatic rings. The lowest BCUT2D eigenvalue weighted by Crippen LogP contribution is -1.94. The highest BCUT2D eigenvalue weighted by molar-refractivity contribution is 5.71. The number of imidazole rings is 1. The first-order valence-corrected chi connectivity index (χ1v) is 6.87. The largest absolute Gasteiger partial charge is 0.478 e. The molecule has 2 aromatic heterocycles. The van der Waals surface area contributed by atoms with E-state index in [9.17, 15) is 0 Å². The molecule has 0 aliphatic rings. The number of benzene rings is 1. The molecule has 0 fully saturated rings. The highest BCUT2D eigenvalue weighted by Gasteiger charge is 2.06. The smallest absolute Gasteiger partial charge is 0.215 e. The van der Waals surface area contributed by atoms with Gasteiger partial charge in [-0.2, -0.15) is 4.98 Å². The Morgan fingerprint density at radius 2 is 1.85 bits per heavy atom. The normalized spacial score (nSPS) is 10.8. The first-order chi connectivity index (χ1) is 9.85. The van der Waals surface area contributed by atoms with Crippen LogP contribution in [0.25, 0.3) is 11.2 Å². The van der Waals surface area contributed by atoms with Crippen molar-refractivity contribution in [2.24, 2.45) is 0 Å². The molecule has 0 radical (unpaired) electrons. The number of H-pyrrole nitrogens is 1. The summed E-state index contributed by atoms with van der Waals surface area (Å²) in [5.74, 6) is 1.59. The Morgan fingerprint density at radius 3 is 2.65 bits per heavy atom. The van der Waals surface area contributed by atoms with Gasteiger partial charge < -0.3 is 9.72 Å². The van der Waals surface area contributed by atoms with Gasteiger partial charge in [-0.05, 0) is 25.0 Å². The van der Waals surface area contributed by atoms with E-state index in [-0.39, 0.29) is 0 Å². The van der Waals surface area contributed by atoms with Gasteiger partial charge in [0.2, 0.25) is 5.88 Å². The summed E-state index contributed by atoms with van der Waals surface area (Å²) in [6.45, 7) is 2.56. The molecule has 102 valence electrons. The van der Waals surface area contributed by atoms with Crippen molar-refractivity contribution in [2.75, 3.05) is 6.61 Å². The number of nitrogens with zero attached hydrogens (tertiary/aromatic N) is 2. The lowest BCUT2D eigenvalue weighted by atomic mass is 10.1. The topological polar surface area (TPSA) is 50.8 Å². The van der Waals surface area contributed by atoms with Gasteiger partial charge in [0.15, 0.2) is 5.65 Å². The molecule has 0 aliphatic heterocycles. The minimum Gasteiger partial charge on any atom is -0.478 e. The molecule has 4 heteroatoms. The van der Waals surface area contributed by atoms with Gasteiger partial charge in [0.1, 0.15) is 5.82 Å². The van der Waals surface area contributed by atoms with E-state index in [1.807, 2.05) is 25.1 Å². The molecule has 0 saturated heterocycles. The van der Waals surface area contributed by atoms with E-state index in [1.165, 1.54) is 5.56 Å². The summed E-state index contributed by atoms with van der Waals surface area (Å²) in [6, 6.07) is 14.2. The van der Waals surface area contributed by atoms with Gasteiger partial charge in [-0.25, -0.2) is 4.98 Å². The Bertz CT molecular complexity index is 691. The van der Waals surface area contributed by atoms with Crippen molar-refractivity contribution in [3.8, 4) is 5.88 Å². The van der Waals surface area contributed by atoms with Gasteiger partial charge >= 0.3 is 0 Å². The van der Waals surface area contributed by atoms with Gasteiger partial charge in [-0.1, -0.05) is 30.3 Å². The predicted molar refractivity (Wildman–Crippen MR) is 78.9 cm³/mol. The van der Waals surface area contributed by atoms with Crippen LogP contribution in [-0.4, -0.2) is 21.6 Å². The summed E-state index contributed by atoms with van der Waals surface area (Å²) in [7, 11) is 0. The van der Waals surface area contributed by atoms with Gasteiger partial charge in [0.25, 0.3) is 0 Å². The number of fused-ring (bicyclic) bond motifs is 1. The predicted octanol–water partition coefficient (Wildman–Crippen LogP) is 3.14. The lowest BCUT2D eigenvalue weighted by molar-refractivity contribution is 0.328. The Morgan fingerprint density at radius 1 is 1.00 bits per heavy atom. The van der Waals surface area contributed by atoms with E-state index in [1.54, 1.807) is 0 Å². The maximum atomic E-state index is 5.39. The van der Waals surface area contributed by atoms with Crippen molar-refractivity contribution in [3.63, 3.8) is 0 Å². The highest BCUT2D eigenvalue weighted by atomic mass is 16.5. The summed E-state index contributed by atoms with van der Waals surface area (Å²) in [4.78, 5) is 12.2. The van der Waals surface area contributed by atoms with Crippen molar-refractivity contribution in [1.82, 2.24) is 15.0 Å². The number of nitrogens with one attached hydrogen (secondary N) is 1. The van der Waals surface area contributed by atoms with E-state index in [4.69, 9.17) is 4.74 Å². The third-order valence-corrected chi connectivity index (χ3v) is 3.15. The first kappa shape index (κ1) is 12.7. The molecule has 0 atom stereocenters. The van der Waals surface area contributed by atoms with E-state index < -0.39 is 0 Å². The summed E-state index contributed by atoms with van der Waals surface area (Å²) < 4.78 is 5.39. The lowest BCUT2D eigenvalue weighted by Gasteiger charge is -1.99. The van der Waals surface area contributed by atoms with Crippen molar-refractivity contribution >= 4 is 11.2 Å². The number of hydrogen-bond acceptors (Lipinski definition) is 3. The summed E-state index contributed by atoms with van der Waals surface area (Å²) >= 11 is 0. The molecule has 1 N–H and O–H groups in total. The molecule has 0 bridgehead atoms. The molecule has 0 amide bonds. The zero-order valence-corrected chi connectivity index (χ0v) is 11.5. The van der Waals surface area contributed by atoms with Gasteiger partial charge in [0.05, 0.1) is 12.1 Å². The van der Waals surface area contributed by atoms with Crippen molar-refractivity contribution in [3.05, 3.63) is 53.9 Å². The van der Waals surface area contributed by atoms with Crippen LogP contribution in [0, 0.1) is 0 Å². The average Bonchev–Trinajstić information content (AvgIpc) is 2.89. The number of rotatable bonds is 5.